The van der Waals surface area contributed by atoms with E-state index >= 15 is 0 Å². The summed E-state index contributed by atoms with van der Waals surface area (Å²) in [6.45, 7) is 1.08. The first kappa shape index (κ1) is 36.0. The molecule has 194 valence electrons. The molecule has 0 fully saturated rings. The fourth-order valence-electron chi connectivity index (χ4n) is 2.17. The zero-order valence-corrected chi connectivity index (χ0v) is 20.4. The Morgan fingerprint density at radius 1 is 0.771 bits per heavy atom. The van der Waals surface area contributed by atoms with Crippen molar-refractivity contribution >= 4 is 12.4 Å². The summed E-state index contributed by atoms with van der Waals surface area (Å²) >= 11 is 0. The summed E-state index contributed by atoms with van der Waals surface area (Å²) in [6, 6.07) is 10.1. The van der Waals surface area contributed by atoms with Gasteiger partial charge in [-0.05, 0) is 29.7 Å². The van der Waals surface area contributed by atoms with Crippen molar-refractivity contribution in [1.82, 2.24) is 0 Å². The summed E-state index contributed by atoms with van der Waals surface area (Å²) in [5.74, 6) is 0.265. The Hall–Kier alpha value is -3.58. The molecule has 0 heterocycles. The predicted molar refractivity (Wildman–Crippen MR) is 115 cm³/mol. The quantitative estimate of drug-likeness (QED) is 0.142. The van der Waals surface area contributed by atoms with E-state index in [2.05, 4.69) is 9.98 Å². The Kier molecular flexibility index (Phi) is 21.6. The first-order valence-electron chi connectivity index (χ1n) is 8.94. The molecule has 0 saturated carbocycles. The van der Waals surface area contributed by atoms with E-state index in [1.807, 2.05) is 0 Å². The molecule has 0 aromatic heterocycles. The van der Waals surface area contributed by atoms with Crippen molar-refractivity contribution in [1.29, 1.82) is 0 Å². The summed E-state index contributed by atoms with van der Waals surface area (Å²) in [5.41, 5.74) is 0.991. The largest absolute Gasteiger partial charge is 2.00 e. The maximum absolute atomic E-state index is 11.9. The third-order valence-corrected chi connectivity index (χ3v) is 3.49. The van der Waals surface area contributed by atoms with Crippen LogP contribution in [0.2, 0.25) is 0 Å². The molecule has 14 nitrogen and oxygen atoms in total. The molecule has 0 N–H and O–H groups in total. The van der Waals surface area contributed by atoms with E-state index < -0.39 is 10.2 Å². The normalized spacial score (nSPS) is 9.43. The van der Waals surface area contributed by atoms with Crippen molar-refractivity contribution in [3.63, 3.8) is 0 Å². The van der Waals surface area contributed by atoms with Crippen molar-refractivity contribution in [3.8, 4) is 23.0 Å². The van der Waals surface area contributed by atoms with E-state index in [0.717, 1.165) is 0 Å². The van der Waals surface area contributed by atoms with E-state index in [-0.39, 0.29) is 45.6 Å². The van der Waals surface area contributed by atoms with Gasteiger partial charge in [0.05, 0.1) is 24.4 Å². The fraction of sp³-hybridized carbons (Fsp3) is 0.263. The van der Waals surface area contributed by atoms with E-state index in [0.29, 0.717) is 42.1 Å². The van der Waals surface area contributed by atoms with E-state index in [1.54, 1.807) is 48.8 Å². The number of rotatable bonds is 8. The predicted octanol–water partition coefficient (Wildman–Crippen LogP) is 1.30. The maximum Gasteiger partial charge on any atom is 2.00 e. The van der Waals surface area contributed by atoms with Crippen LogP contribution in [0.25, 0.3) is 0 Å². The molecule has 2 rings (SSSR count). The second-order valence-corrected chi connectivity index (χ2v) is 5.63. The summed E-state index contributed by atoms with van der Waals surface area (Å²) in [6.07, 6.45) is 3.81. The van der Waals surface area contributed by atoms with Crippen molar-refractivity contribution in [2.45, 2.75) is 6.42 Å². The Balaban J connectivity index is -0.000000894. The van der Waals surface area contributed by atoms with Gasteiger partial charge in [-0.2, -0.15) is 0 Å². The molecule has 2 aromatic rings. The van der Waals surface area contributed by atoms with Crippen LogP contribution in [0.5, 0.6) is 23.0 Å². The van der Waals surface area contributed by atoms with Crippen LogP contribution in [0.15, 0.2) is 46.4 Å². The van der Waals surface area contributed by atoms with Crippen LogP contribution in [0.3, 0.4) is 0 Å². The molecule has 0 spiro atoms. The molecule has 0 saturated heterocycles. The molecular weight excluding hydrogens is 563 g/mol. The van der Waals surface area contributed by atoms with E-state index in [1.165, 1.54) is 14.2 Å². The maximum atomic E-state index is 11.9. The molecule has 0 aliphatic carbocycles. The van der Waals surface area contributed by atoms with Gasteiger partial charge in [-0.1, -0.05) is 35.8 Å². The van der Waals surface area contributed by atoms with Crippen molar-refractivity contribution in [3.05, 3.63) is 78.2 Å². The first-order valence-corrected chi connectivity index (χ1v) is 8.94. The molecular formula is C19H20CuMnN4O10. The summed E-state index contributed by atoms with van der Waals surface area (Å²) < 4.78 is 9.97. The SMILES string of the molecule is COc1cccc(C=NCCCN=Cc2cccc(OC)c2[O-])c1[O-].O=[N+]([O-])[O-].O=[N+]([O-])[O-].[Cu+2].[Mn+2]. The third-order valence-electron chi connectivity index (χ3n) is 3.49. The molecule has 0 amide bonds. The van der Waals surface area contributed by atoms with Gasteiger partial charge in [0.2, 0.25) is 0 Å². The van der Waals surface area contributed by atoms with Gasteiger partial charge < -0.3 is 50.3 Å². The van der Waals surface area contributed by atoms with Crippen LogP contribution in [0, 0.1) is 30.6 Å². The number of ether oxygens (including phenoxy) is 2. The average Bonchev–Trinajstić information content (AvgIpc) is 2.74. The van der Waals surface area contributed by atoms with Crippen LogP contribution in [0.1, 0.15) is 17.5 Å². The number of hydrogen-bond donors (Lipinski definition) is 0. The summed E-state index contributed by atoms with van der Waals surface area (Å²) in [7, 11) is 2.93. The number of nitrogens with zero attached hydrogens (tertiary/aromatic N) is 4. The van der Waals surface area contributed by atoms with Gasteiger partial charge in [0.25, 0.3) is 0 Å². The topological polar surface area (TPSA) is 222 Å². The Bertz CT molecular complexity index is 880. The standard InChI is InChI=1S/C19H22N2O4.Cu.Mn.2NO3/c1-24-16-8-3-6-14(18(16)22)12-20-10-5-11-21-13-15-7-4-9-17(25-2)19(15)23;;;2*2-1(3)4/h3-4,6-9,12-13,22-23H,5,10-11H2,1-2H3;;;;/q;2*+2;2*-1/p-2. The van der Waals surface area contributed by atoms with Crippen LogP contribution >= 0.6 is 0 Å². The van der Waals surface area contributed by atoms with Gasteiger partial charge >= 0.3 is 34.1 Å². The van der Waals surface area contributed by atoms with Crippen molar-refractivity contribution in [2.75, 3.05) is 27.3 Å². The van der Waals surface area contributed by atoms with Crippen LogP contribution in [-0.4, -0.2) is 49.9 Å². The zero-order chi connectivity index (χ0) is 25.2. The van der Waals surface area contributed by atoms with Gasteiger partial charge in [0, 0.05) is 25.5 Å². The number of hydrogen-bond acceptors (Lipinski definition) is 12. The van der Waals surface area contributed by atoms with Crippen molar-refractivity contribution in [2.24, 2.45) is 9.98 Å². The minimum Gasteiger partial charge on any atom is -0.870 e. The van der Waals surface area contributed by atoms with E-state index in [4.69, 9.17) is 40.1 Å². The van der Waals surface area contributed by atoms with Gasteiger partial charge in [0.15, 0.2) is 0 Å². The second-order valence-electron chi connectivity index (χ2n) is 5.63. The minimum absolute atomic E-state index is 0. The Morgan fingerprint density at radius 2 is 1.09 bits per heavy atom. The Labute approximate surface area is 221 Å². The molecule has 2 radical (unpaired) electrons. The van der Waals surface area contributed by atoms with Crippen LogP contribution in [-0.2, 0) is 34.1 Å². The molecule has 16 heteroatoms. The second kappa shape index (κ2) is 21.0. The van der Waals surface area contributed by atoms with Gasteiger partial charge in [-0.25, -0.2) is 0 Å². The molecule has 0 unspecified atom stereocenters. The molecule has 0 aliphatic rings. The van der Waals surface area contributed by atoms with Crippen LogP contribution in [0.4, 0.5) is 0 Å². The third kappa shape index (κ3) is 16.6. The zero-order valence-electron chi connectivity index (χ0n) is 18.3. The number of benzene rings is 2. The molecule has 0 aliphatic heterocycles. The molecule has 0 bridgehead atoms. The number of aliphatic imine (C=N–C) groups is 2. The van der Waals surface area contributed by atoms with Gasteiger partial charge in [-0.3, -0.25) is 9.98 Å². The Morgan fingerprint density at radius 3 is 1.37 bits per heavy atom. The first-order chi connectivity index (χ1) is 15.6. The van der Waals surface area contributed by atoms with Crippen molar-refractivity contribution < 1.29 is 64.0 Å². The fourth-order valence-corrected chi connectivity index (χ4v) is 2.17. The average molecular weight is 583 g/mol. The van der Waals surface area contributed by atoms with Gasteiger partial charge in [0.1, 0.15) is 11.5 Å². The van der Waals surface area contributed by atoms with E-state index in [9.17, 15) is 10.2 Å². The summed E-state index contributed by atoms with van der Waals surface area (Å²) in [4.78, 5) is 25.0. The molecule has 35 heavy (non-hydrogen) atoms. The minimum atomic E-state index is -1.75. The van der Waals surface area contributed by atoms with Gasteiger partial charge in [-0.15, -0.1) is 0 Å². The summed E-state index contributed by atoms with van der Waals surface area (Å²) in [5, 5.41) is 53.4. The molecule has 2 aromatic carbocycles. The number of para-hydroxylation sites is 2. The molecule has 0 atom stereocenters. The monoisotopic (exact) mass is 582 g/mol. The smallest absolute Gasteiger partial charge is 0.870 e. The van der Waals surface area contributed by atoms with Crippen LogP contribution < -0.4 is 19.7 Å². The number of methoxy groups -OCH3 is 2.